The number of aliphatic imine (C=N–C) groups is 1. The van der Waals surface area contributed by atoms with Crippen LogP contribution in [0, 0.1) is 0 Å². The van der Waals surface area contributed by atoms with Gasteiger partial charge in [0.15, 0.2) is 0 Å². The van der Waals surface area contributed by atoms with Crippen LogP contribution in [0.25, 0.3) is 0 Å². The highest BCUT2D eigenvalue weighted by Gasteiger charge is 2.06. The molecule has 0 bridgehead atoms. The van der Waals surface area contributed by atoms with Gasteiger partial charge in [-0.05, 0) is 30.3 Å². The lowest BCUT2D eigenvalue weighted by atomic mass is 10.3. The molecule has 2 aromatic rings. The van der Waals surface area contributed by atoms with E-state index in [9.17, 15) is 9.59 Å². The molecule has 1 aromatic heterocycles. The third-order valence-corrected chi connectivity index (χ3v) is 2.44. The second-order valence-corrected chi connectivity index (χ2v) is 3.75. The third-order valence-electron chi connectivity index (χ3n) is 2.44. The number of benzene rings is 1. The number of aromatic nitrogens is 1. The van der Waals surface area contributed by atoms with Gasteiger partial charge in [-0.3, -0.25) is 9.78 Å². The van der Waals surface area contributed by atoms with Gasteiger partial charge in [0.2, 0.25) is 6.08 Å². The number of rotatable bonds is 4. The number of carbonyl (C=O) groups excluding carboxylic acids is 2. The largest absolute Gasteiger partial charge is 0.457 e. The predicted octanol–water partition coefficient (Wildman–Crippen LogP) is 2.20. The van der Waals surface area contributed by atoms with E-state index in [1.807, 2.05) is 0 Å². The maximum absolute atomic E-state index is 11.5. The molecule has 0 saturated heterocycles. The van der Waals surface area contributed by atoms with Crippen LogP contribution in [0.4, 0.5) is 5.69 Å². The maximum Gasteiger partial charge on any atom is 0.269 e. The number of pyridine rings is 1. The summed E-state index contributed by atoms with van der Waals surface area (Å²) in [6, 6.07) is 9.76. The van der Waals surface area contributed by atoms with E-state index in [1.165, 1.54) is 25.4 Å². The zero-order valence-electron chi connectivity index (χ0n) is 10.7. The molecule has 0 saturated carbocycles. The van der Waals surface area contributed by atoms with E-state index < -0.39 is 0 Å². The highest BCUT2D eigenvalue weighted by Crippen LogP contribution is 2.23. The predicted molar refractivity (Wildman–Crippen MR) is 71.9 cm³/mol. The van der Waals surface area contributed by atoms with Gasteiger partial charge < -0.3 is 10.1 Å². The van der Waals surface area contributed by atoms with E-state index in [2.05, 4.69) is 15.3 Å². The topological polar surface area (TPSA) is 80.6 Å². The van der Waals surface area contributed by atoms with E-state index in [0.717, 1.165) is 0 Å². The van der Waals surface area contributed by atoms with Crippen molar-refractivity contribution in [2.75, 3.05) is 7.05 Å². The molecular formula is C14H11N3O3. The Hall–Kier alpha value is -2.98. The molecule has 1 heterocycles. The van der Waals surface area contributed by atoms with Crippen molar-refractivity contribution < 1.29 is 14.3 Å². The first kappa shape index (κ1) is 13.5. The summed E-state index contributed by atoms with van der Waals surface area (Å²) in [6.07, 6.45) is 2.95. The monoisotopic (exact) mass is 269 g/mol. The molecule has 0 atom stereocenters. The molecule has 0 aliphatic carbocycles. The summed E-state index contributed by atoms with van der Waals surface area (Å²) >= 11 is 0. The summed E-state index contributed by atoms with van der Waals surface area (Å²) in [5, 5.41) is 2.49. The first-order valence-corrected chi connectivity index (χ1v) is 5.77. The molecule has 20 heavy (non-hydrogen) atoms. The highest BCUT2D eigenvalue weighted by molar-refractivity contribution is 5.92. The number of carbonyl (C=O) groups is 1. The zero-order chi connectivity index (χ0) is 14.4. The molecule has 0 radical (unpaired) electrons. The second-order valence-electron chi connectivity index (χ2n) is 3.75. The smallest absolute Gasteiger partial charge is 0.269 e. The summed E-state index contributed by atoms with van der Waals surface area (Å²) in [5.41, 5.74) is 0.764. The average molecular weight is 269 g/mol. The van der Waals surface area contributed by atoms with Crippen LogP contribution < -0.4 is 10.1 Å². The van der Waals surface area contributed by atoms with Crippen LogP contribution in [0.15, 0.2) is 47.6 Å². The van der Waals surface area contributed by atoms with Gasteiger partial charge in [-0.2, -0.15) is 4.99 Å². The molecule has 6 nitrogen and oxygen atoms in total. The molecule has 0 aliphatic heterocycles. The molecule has 2 rings (SSSR count). The summed E-state index contributed by atoms with van der Waals surface area (Å²) in [5.74, 6) is 0.764. The Kier molecular flexibility index (Phi) is 4.21. The van der Waals surface area contributed by atoms with Gasteiger partial charge in [-0.25, -0.2) is 4.79 Å². The fourth-order valence-corrected chi connectivity index (χ4v) is 1.50. The van der Waals surface area contributed by atoms with Crippen molar-refractivity contribution in [2.45, 2.75) is 0 Å². The lowest BCUT2D eigenvalue weighted by molar-refractivity contribution is 0.0958. The first-order chi connectivity index (χ1) is 9.72. The number of ether oxygens (including phenoxy) is 1. The van der Waals surface area contributed by atoms with Crippen molar-refractivity contribution in [3.05, 3.63) is 48.3 Å². The Morgan fingerprint density at radius 1 is 1.25 bits per heavy atom. The number of hydrogen-bond acceptors (Lipinski definition) is 5. The quantitative estimate of drug-likeness (QED) is 0.681. The van der Waals surface area contributed by atoms with Crippen molar-refractivity contribution in [2.24, 2.45) is 4.99 Å². The lowest BCUT2D eigenvalue weighted by Gasteiger charge is -2.06. The fourth-order valence-electron chi connectivity index (χ4n) is 1.50. The second kappa shape index (κ2) is 6.26. The van der Waals surface area contributed by atoms with Crippen molar-refractivity contribution in [3.8, 4) is 11.5 Å². The summed E-state index contributed by atoms with van der Waals surface area (Å²) < 4.78 is 5.59. The third kappa shape index (κ3) is 3.28. The summed E-state index contributed by atoms with van der Waals surface area (Å²) in [7, 11) is 1.53. The van der Waals surface area contributed by atoms with E-state index in [1.54, 1.807) is 30.3 Å². The van der Waals surface area contributed by atoms with Crippen LogP contribution >= 0.6 is 0 Å². The fraction of sp³-hybridized carbons (Fsp3) is 0.0714. The van der Waals surface area contributed by atoms with E-state index in [0.29, 0.717) is 17.2 Å². The van der Waals surface area contributed by atoms with Gasteiger partial charge in [0.1, 0.15) is 17.2 Å². The molecule has 1 aromatic carbocycles. The molecule has 0 spiro atoms. The van der Waals surface area contributed by atoms with Crippen molar-refractivity contribution in [1.29, 1.82) is 0 Å². The van der Waals surface area contributed by atoms with Gasteiger partial charge in [0.25, 0.3) is 5.91 Å². The normalized spacial score (nSPS) is 9.45. The Morgan fingerprint density at radius 3 is 2.65 bits per heavy atom. The lowest BCUT2D eigenvalue weighted by Crippen LogP contribution is -2.18. The summed E-state index contributed by atoms with van der Waals surface area (Å²) in [6.45, 7) is 0. The van der Waals surface area contributed by atoms with Crippen LogP contribution in [0.3, 0.4) is 0 Å². The number of nitrogens with one attached hydrogen (secondary N) is 1. The maximum atomic E-state index is 11.5. The molecule has 0 aliphatic rings. The minimum Gasteiger partial charge on any atom is -0.457 e. The number of isocyanates is 1. The minimum atomic E-state index is -0.286. The van der Waals surface area contributed by atoms with Crippen LogP contribution in [-0.2, 0) is 4.79 Å². The van der Waals surface area contributed by atoms with Gasteiger partial charge in [0, 0.05) is 19.3 Å². The van der Waals surface area contributed by atoms with Crippen LogP contribution in [0.5, 0.6) is 11.5 Å². The number of amides is 1. The SMILES string of the molecule is CNC(=O)c1cc(Oc2ccc(N=C=O)cc2)ccn1. The summed E-state index contributed by atoms with van der Waals surface area (Å²) in [4.78, 5) is 29.0. The Labute approximate surface area is 115 Å². The average Bonchev–Trinajstić information content (AvgIpc) is 2.49. The standard InChI is InChI=1S/C14H11N3O3/c1-15-14(19)13-8-12(6-7-16-13)20-11-4-2-10(3-5-11)17-9-18/h2-8H,1H3,(H,15,19). The van der Waals surface area contributed by atoms with Gasteiger partial charge >= 0.3 is 0 Å². The van der Waals surface area contributed by atoms with Gasteiger partial charge in [-0.1, -0.05) is 0 Å². The highest BCUT2D eigenvalue weighted by atomic mass is 16.5. The number of hydrogen-bond donors (Lipinski definition) is 1. The molecule has 1 amide bonds. The van der Waals surface area contributed by atoms with Crippen LogP contribution in [-0.4, -0.2) is 24.0 Å². The van der Waals surface area contributed by atoms with Gasteiger partial charge in [-0.15, -0.1) is 0 Å². The molecule has 1 N–H and O–H groups in total. The van der Waals surface area contributed by atoms with E-state index in [4.69, 9.17) is 4.74 Å². The van der Waals surface area contributed by atoms with Gasteiger partial charge in [0.05, 0.1) is 5.69 Å². The van der Waals surface area contributed by atoms with Crippen molar-refractivity contribution in [3.63, 3.8) is 0 Å². The Bertz CT molecular complexity index is 662. The Morgan fingerprint density at radius 2 is 2.00 bits per heavy atom. The molecule has 100 valence electrons. The first-order valence-electron chi connectivity index (χ1n) is 5.77. The zero-order valence-corrected chi connectivity index (χ0v) is 10.7. The van der Waals surface area contributed by atoms with Crippen molar-refractivity contribution in [1.82, 2.24) is 10.3 Å². The van der Waals surface area contributed by atoms with E-state index >= 15 is 0 Å². The van der Waals surface area contributed by atoms with Crippen LogP contribution in [0.1, 0.15) is 10.5 Å². The van der Waals surface area contributed by atoms with Crippen LogP contribution in [0.2, 0.25) is 0 Å². The number of nitrogens with zero attached hydrogens (tertiary/aromatic N) is 2. The molecule has 0 fully saturated rings. The van der Waals surface area contributed by atoms with E-state index in [-0.39, 0.29) is 11.6 Å². The Balaban J connectivity index is 2.17. The minimum absolute atomic E-state index is 0.271. The van der Waals surface area contributed by atoms with Crippen molar-refractivity contribution >= 4 is 17.7 Å². The molecule has 6 heteroatoms. The molecule has 0 unspecified atom stereocenters. The molecular weight excluding hydrogens is 258 g/mol.